The molecule has 0 spiro atoms. The molecule has 2 rings (SSSR count). The molecule has 2 aliphatic heterocycles. The topological polar surface area (TPSA) is 49.4 Å². The molecule has 4 nitrogen and oxygen atoms in total. The Balaban J connectivity index is 2.07. The third-order valence-corrected chi connectivity index (χ3v) is 5.10. The van der Waals surface area contributed by atoms with Gasteiger partial charge in [0.2, 0.25) is 10.0 Å². The van der Waals surface area contributed by atoms with Crippen molar-refractivity contribution in [1.82, 2.24) is 9.62 Å². The van der Waals surface area contributed by atoms with Gasteiger partial charge in [-0.05, 0) is 38.8 Å². The molecule has 0 aromatic rings. The summed E-state index contributed by atoms with van der Waals surface area (Å²) in [5.74, 6) is 0.358. The minimum atomic E-state index is -2.92. The fourth-order valence-electron chi connectivity index (χ4n) is 2.31. The summed E-state index contributed by atoms with van der Waals surface area (Å²) in [6.07, 6.45) is 3.81. The molecule has 0 amide bonds. The van der Waals surface area contributed by atoms with Crippen molar-refractivity contribution in [3.8, 4) is 0 Å². The van der Waals surface area contributed by atoms with Crippen molar-refractivity contribution in [2.45, 2.75) is 31.7 Å². The van der Waals surface area contributed by atoms with Crippen molar-refractivity contribution < 1.29 is 8.42 Å². The van der Waals surface area contributed by atoms with Gasteiger partial charge in [-0.2, -0.15) is 4.31 Å². The number of sulfonamides is 1. The summed E-state index contributed by atoms with van der Waals surface area (Å²) in [6.45, 7) is 2.65. The number of nitrogens with zero attached hydrogens (tertiary/aromatic N) is 1. The molecule has 0 aromatic heterocycles. The Morgan fingerprint density at radius 1 is 1.14 bits per heavy atom. The van der Waals surface area contributed by atoms with Crippen molar-refractivity contribution >= 4 is 10.0 Å². The van der Waals surface area contributed by atoms with Crippen LogP contribution in [0.25, 0.3) is 0 Å². The van der Waals surface area contributed by atoms with E-state index in [1.807, 2.05) is 0 Å². The first-order chi connectivity index (χ1) is 6.70. The van der Waals surface area contributed by atoms with E-state index < -0.39 is 10.0 Å². The van der Waals surface area contributed by atoms with Crippen LogP contribution < -0.4 is 5.32 Å². The third-order valence-electron chi connectivity index (χ3n) is 3.10. The first kappa shape index (κ1) is 10.4. The monoisotopic (exact) mass is 218 g/mol. The van der Waals surface area contributed by atoms with Crippen LogP contribution in [0.1, 0.15) is 25.7 Å². The smallest absolute Gasteiger partial charge is 0.214 e. The number of nitrogens with one attached hydrogen (secondary N) is 1. The maximum absolute atomic E-state index is 11.8. The lowest BCUT2D eigenvalue weighted by molar-refractivity contribution is 0.251. The van der Waals surface area contributed by atoms with E-state index in [1.165, 1.54) is 0 Å². The summed E-state index contributed by atoms with van der Waals surface area (Å²) in [6, 6.07) is 0.265. The fourth-order valence-corrected chi connectivity index (χ4v) is 4.19. The zero-order chi connectivity index (χ0) is 10.0. The molecular weight excluding hydrogens is 200 g/mol. The number of hydrogen-bond donors (Lipinski definition) is 1. The van der Waals surface area contributed by atoms with Gasteiger partial charge in [-0.15, -0.1) is 0 Å². The molecule has 0 aromatic carbocycles. The van der Waals surface area contributed by atoms with Crippen LogP contribution in [-0.2, 0) is 10.0 Å². The van der Waals surface area contributed by atoms with Gasteiger partial charge in [0.25, 0.3) is 0 Å². The molecular formula is C9H18N2O2S. The van der Waals surface area contributed by atoms with Gasteiger partial charge >= 0.3 is 0 Å². The Morgan fingerprint density at radius 2 is 1.86 bits per heavy atom. The first-order valence-corrected chi connectivity index (χ1v) is 7.01. The predicted molar refractivity (Wildman–Crippen MR) is 55.6 cm³/mol. The highest BCUT2D eigenvalue weighted by Crippen LogP contribution is 2.21. The Bertz CT molecular complexity index is 283. The van der Waals surface area contributed by atoms with Crippen molar-refractivity contribution in [3.05, 3.63) is 0 Å². The predicted octanol–water partition coefficient (Wildman–Crippen LogP) is 0.164. The SMILES string of the molecule is O=S1(=O)CCCCN1C1CCNCC1. The fraction of sp³-hybridized carbons (Fsp3) is 1.00. The average Bonchev–Trinajstić information content (AvgIpc) is 2.18. The standard InChI is InChI=1S/C9H18N2O2S/c12-14(13)8-2-1-7-11(14)9-3-5-10-6-4-9/h9-10H,1-8H2. The second-order valence-corrected chi connectivity index (χ2v) is 6.16. The lowest BCUT2D eigenvalue weighted by Crippen LogP contribution is -2.49. The molecule has 0 radical (unpaired) electrons. The molecule has 5 heteroatoms. The van der Waals surface area contributed by atoms with Crippen molar-refractivity contribution in [2.75, 3.05) is 25.4 Å². The highest BCUT2D eigenvalue weighted by molar-refractivity contribution is 7.89. The number of piperidine rings is 1. The lowest BCUT2D eigenvalue weighted by Gasteiger charge is -2.35. The Labute approximate surface area is 85.7 Å². The van der Waals surface area contributed by atoms with Crippen molar-refractivity contribution in [1.29, 1.82) is 0 Å². The second kappa shape index (κ2) is 4.16. The van der Waals surface area contributed by atoms with Crippen molar-refractivity contribution in [3.63, 3.8) is 0 Å². The van der Waals surface area contributed by atoms with E-state index in [2.05, 4.69) is 5.32 Å². The molecule has 0 bridgehead atoms. The maximum Gasteiger partial charge on any atom is 0.214 e. The first-order valence-electron chi connectivity index (χ1n) is 5.40. The molecule has 82 valence electrons. The third kappa shape index (κ3) is 2.10. The molecule has 2 fully saturated rings. The zero-order valence-corrected chi connectivity index (χ0v) is 9.22. The van der Waals surface area contributed by atoms with E-state index in [9.17, 15) is 8.42 Å². The molecule has 2 heterocycles. The van der Waals surface area contributed by atoms with Crippen LogP contribution in [0.4, 0.5) is 0 Å². The molecule has 0 aliphatic carbocycles. The van der Waals surface area contributed by atoms with Crippen LogP contribution in [-0.4, -0.2) is 44.2 Å². The summed E-state index contributed by atoms with van der Waals surface area (Å²) in [5, 5.41) is 3.26. The summed E-state index contributed by atoms with van der Waals surface area (Å²) < 4.78 is 25.3. The molecule has 2 saturated heterocycles. The Kier molecular flexibility index (Phi) is 3.09. The van der Waals surface area contributed by atoms with Gasteiger partial charge in [0.05, 0.1) is 5.75 Å². The number of rotatable bonds is 1. The van der Waals surface area contributed by atoms with E-state index in [0.717, 1.165) is 45.3 Å². The Hall–Kier alpha value is -0.130. The number of hydrogen-bond acceptors (Lipinski definition) is 3. The summed E-state index contributed by atoms with van der Waals surface area (Å²) in [7, 11) is -2.92. The quantitative estimate of drug-likeness (QED) is 0.682. The van der Waals surface area contributed by atoms with E-state index in [0.29, 0.717) is 5.75 Å². The van der Waals surface area contributed by atoms with E-state index in [1.54, 1.807) is 4.31 Å². The van der Waals surface area contributed by atoms with E-state index >= 15 is 0 Å². The van der Waals surface area contributed by atoms with E-state index in [-0.39, 0.29) is 6.04 Å². The normalized spacial score (nSPS) is 30.3. The summed E-state index contributed by atoms with van der Waals surface area (Å²) >= 11 is 0. The van der Waals surface area contributed by atoms with E-state index in [4.69, 9.17) is 0 Å². The molecule has 0 unspecified atom stereocenters. The average molecular weight is 218 g/mol. The second-order valence-electron chi connectivity index (χ2n) is 4.12. The Morgan fingerprint density at radius 3 is 2.50 bits per heavy atom. The van der Waals surface area contributed by atoms with Crippen LogP contribution in [0.5, 0.6) is 0 Å². The molecule has 2 aliphatic rings. The van der Waals surface area contributed by atoms with Gasteiger partial charge in [0.15, 0.2) is 0 Å². The highest BCUT2D eigenvalue weighted by atomic mass is 32.2. The van der Waals surface area contributed by atoms with Gasteiger partial charge < -0.3 is 5.32 Å². The molecule has 14 heavy (non-hydrogen) atoms. The van der Waals surface area contributed by atoms with Gasteiger partial charge in [-0.1, -0.05) is 0 Å². The van der Waals surface area contributed by atoms with Crippen LogP contribution in [0.15, 0.2) is 0 Å². The summed E-state index contributed by atoms with van der Waals surface area (Å²) in [4.78, 5) is 0. The largest absolute Gasteiger partial charge is 0.317 e. The molecule has 0 atom stereocenters. The van der Waals surface area contributed by atoms with Crippen LogP contribution in [0, 0.1) is 0 Å². The van der Waals surface area contributed by atoms with Crippen LogP contribution >= 0.6 is 0 Å². The highest BCUT2D eigenvalue weighted by Gasteiger charge is 2.32. The maximum atomic E-state index is 11.8. The molecule has 0 saturated carbocycles. The van der Waals surface area contributed by atoms with Gasteiger partial charge in [0.1, 0.15) is 0 Å². The van der Waals surface area contributed by atoms with Crippen LogP contribution in [0.3, 0.4) is 0 Å². The lowest BCUT2D eigenvalue weighted by atomic mass is 10.1. The van der Waals surface area contributed by atoms with Crippen molar-refractivity contribution in [2.24, 2.45) is 0 Å². The van der Waals surface area contributed by atoms with Gasteiger partial charge in [-0.3, -0.25) is 0 Å². The molecule has 1 N–H and O–H groups in total. The minimum Gasteiger partial charge on any atom is -0.317 e. The van der Waals surface area contributed by atoms with Gasteiger partial charge in [0, 0.05) is 12.6 Å². The van der Waals surface area contributed by atoms with Crippen LogP contribution in [0.2, 0.25) is 0 Å². The zero-order valence-electron chi connectivity index (χ0n) is 8.41. The van der Waals surface area contributed by atoms with Gasteiger partial charge in [-0.25, -0.2) is 8.42 Å². The summed E-state index contributed by atoms with van der Waals surface area (Å²) in [5.41, 5.74) is 0. The minimum absolute atomic E-state index is 0.265.